The fraction of sp³-hybridized carbons (Fsp3) is 0.316. The van der Waals surface area contributed by atoms with Gasteiger partial charge in [-0.05, 0) is 54.8 Å². The molecule has 1 aliphatic rings. The van der Waals surface area contributed by atoms with Crippen molar-refractivity contribution in [1.82, 2.24) is 15.3 Å². The molecule has 0 aliphatic carbocycles. The van der Waals surface area contributed by atoms with E-state index in [-0.39, 0.29) is 23.9 Å². The molecule has 154 valence electrons. The summed E-state index contributed by atoms with van der Waals surface area (Å²) in [5.41, 5.74) is 0.0856. The number of halogens is 4. The molecule has 6 nitrogen and oxygen atoms in total. The Kier molecular flexibility index (Phi) is 5.56. The molecule has 1 aliphatic heterocycles. The molecule has 0 radical (unpaired) electrons. The molecule has 0 bridgehead atoms. The van der Waals surface area contributed by atoms with Crippen molar-refractivity contribution in [1.29, 1.82) is 0 Å². The summed E-state index contributed by atoms with van der Waals surface area (Å²) >= 11 is 0. The van der Waals surface area contributed by atoms with Gasteiger partial charge in [-0.3, -0.25) is 4.79 Å². The van der Waals surface area contributed by atoms with E-state index in [9.17, 15) is 22.4 Å². The summed E-state index contributed by atoms with van der Waals surface area (Å²) in [7, 11) is 3.24. The lowest BCUT2D eigenvalue weighted by atomic mass is 10.0. The van der Waals surface area contributed by atoms with Gasteiger partial charge in [0.25, 0.3) is 5.91 Å². The van der Waals surface area contributed by atoms with Gasteiger partial charge < -0.3 is 5.32 Å². The van der Waals surface area contributed by atoms with Crippen LogP contribution in [0.2, 0.25) is 0 Å². The van der Waals surface area contributed by atoms with E-state index in [0.29, 0.717) is 23.2 Å². The number of hydrogen-bond donors (Lipinski definition) is 1. The van der Waals surface area contributed by atoms with Crippen LogP contribution in [-0.4, -0.2) is 41.7 Å². The highest BCUT2D eigenvalue weighted by Gasteiger charge is 2.34. The van der Waals surface area contributed by atoms with E-state index in [1.807, 2.05) is 6.92 Å². The van der Waals surface area contributed by atoms with Gasteiger partial charge in [0.2, 0.25) is 0 Å². The zero-order chi connectivity index (χ0) is 21.3. The molecule has 0 saturated carbocycles. The second-order valence-electron chi connectivity index (χ2n) is 6.65. The van der Waals surface area contributed by atoms with Crippen LogP contribution in [0.4, 0.5) is 23.4 Å². The quantitative estimate of drug-likeness (QED) is 0.789. The maximum Gasteiger partial charge on any atom is 0.416 e. The highest BCUT2D eigenvalue weighted by molar-refractivity contribution is 6.41. The maximum absolute atomic E-state index is 13.6. The smallest absolute Gasteiger partial charge is 0.354 e. The van der Waals surface area contributed by atoms with E-state index in [0.717, 1.165) is 12.1 Å². The Bertz CT molecular complexity index is 960. The lowest BCUT2D eigenvalue weighted by Gasteiger charge is -2.25. The molecule has 1 aromatic heterocycles. The molecule has 0 fully saturated rings. The van der Waals surface area contributed by atoms with Crippen LogP contribution < -0.4 is 10.4 Å². The number of hydrazone groups is 1. The summed E-state index contributed by atoms with van der Waals surface area (Å²) in [5.74, 6) is -0.873. The van der Waals surface area contributed by atoms with Gasteiger partial charge in [-0.1, -0.05) is 0 Å². The summed E-state index contributed by atoms with van der Waals surface area (Å²) in [6, 6.07) is 5.44. The summed E-state index contributed by atoms with van der Waals surface area (Å²) in [6.07, 6.45) is -3.06. The number of aromatic nitrogens is 1. The minimum Gasteiger partial charge on any atom is -0.354 e. The minimum atomic E-state index is -4.63. The summed E-state index contributed by atoms with van der Waals surface area (Å²) in [5, 5.41) is 9.98. The third kappa shape index (κ3) is 4.37. The highest BCUT2D eigenvalue weighted by atomic mass is 19.4. The predicted molar refractivity (Wildman–Crippen MR) is 99.7 cm³/mol. The third-order valence-corrected chi connectivity index (χ3v) is 4.63. The largest absolute Gasteiger partial charge is 0.416 e. The number of carbonyl (C=O) groups excluding carboxylic acids is 1. The summed E-state index contributed by atoms with van der Waals surface area (Å²) in [6.45, 7) is 1.81. The fourth-order valence-corrected chi connectivity index (χ4v) is 3.00. The van der Waals surface area contributed by atoms with Gasteiger partial charge in [0.1, 0.15) is 11.5 Å². The number of alkyl halides is 3. The van der Waals surface area contributed by atoms with E-state index in [4.69, 9.17) is 0 Å². The van der Waals surface area contributed by atoms with E-state index in [1.165, 1.54) is 18.4 Å². The number of amides is 1. The average Bonchev–Trinajstić information content (AvgIpc) is 2.95. The molecule has 0 spiro atoms. The van der Waals surface area contributed by atoms with Crippen molar-refractivity contribution < 1.29 is 22.4 Å². The SMILES string of the molecule is CNC(=O)C1=NN(c2cc(Cc3cc(F)cc(C(F)(F)F)c3)ccn2)N(C)C1C. The molecular weight excluding hydrogens is 390 g/mol. The highest BCUT2D eigenvalue weighted by Crippen LogP contribution is 2.31. The van der Waals surface area contributed by atoms with Crippen molar-refractivity contribution in [2.24, 2.45) is 5.10 Å². The molecule has 0 saturated heterocycles. The fourth-order valence-electron chi connectivity index (χ4n) is 3.00. The molecular formula is C19H19F4N5O. The van der Waals surface area contributed by atoms with Crippen molar-refractivity contribution in [3.8, 4) is 0 Å². The minimum absolute atomic E-state index is 0.0789. The molecule has 10 heteroatoms. The Hall–Kier alpha value is -3.01. The van der Waals surface area contributed by atoms with Crippen LogP contribution in [0.15, 0.2) is 41.6 Å². The number of rotatable bonds is 4. The number of nitrogens with one attached hydrogen (secondary N) is 1. The van der Waals surface area contributed by atoms with Crippen molar-refractivity contribution in [3.63, 3.8) is 0 Å². The van der Waals surface area contributed by atoms with Crippen molar-refractivity contribution in [2.45, 2.75) is 25.6 Å². The van der Waals surface area contributed by atoms with Crippen LogP contribution in [0.3, 0.4) is 0 Å². The first-order chi connectivity index (χ1) is 13.6. The van der Waals surface area contributed by atoms with Gasteiger partial charge in [0.15, 0.2) is 5.82 Å². The number of carbonyl (C=O) groups is 1. The Balaban J connectivity index is 1.89. The molecule has 1 aromatic carbocycles. The normalized spacial score (nSPS) is 17.4. The van der Waals surface area contributed by atoms with Crippen LogP contribution in [0.5, 0.6) is 0 Å². The van der Waals surface area contributed by atoms with Crippen LogP contribution in [-0.2, 0) is 17.4 Å². The first-order valence-corrected chi connectivity index (χ1v) is 8.75. The van der Waals surface area contributed by atoms with Crippen LogP contribution in [0.1, 0.15) is 23.6 Å². The molecule has 1 amide bonds. The van der Waals surface area contributed by atoms with Crippen molar-refractivity contribution in [2.75, 3.05) is 19.2 Å². The second-order valence-corrected chi connectivity index (χ2v) is 6.65. The lowest BCUT2D eigenvalue weighted by molar-refractivity contribution is -0.137. The van der Waals surface area contributed by atoms with E-state index < -0.39 is 17.6 Å². The van der Waals surface area contributed by atoms with Gasteiger partial charge in [0, 0.05) is 20.3 Å². The van der Waals surface area contributed by atoms with E-state index in [2.05, 4.69) is 15.4 Å². The Morgan fingerprint density at radius 3 is 2.59 bits per heavy atom. The first kappa shape index (κ1) is 20.7. The Morgan fingerprint density at radius 2 is 1.93 bits per heavy atom. The Morgan fingerprint density at radius 1 is 1.21 bits per heavy atom. The average molecular weight is 409 g/mol. The number of pyridine rings is 1. The monoisotopic (exact) mass is 409 g/mol. The molecule has 1 atom stereocenters. The number of hydrogen-bond acceptors (Lipinski definition) is 5. The predicted octanol–water partition coefficient (Wildman–Crippen LogP) is 2.99. The van der Waals surface area contributed by atoms with Gasteiger partial charge in [-0.15, -0.1) is 0 Å². The topological polar surface area (TPSA) is 60.8 Å². The van der Waals surface area contributed by atoms with E-state index >= 15 is 0 Å². The summed E-state index contributed by atoms with van der Waals surface area (Å²) < 4.78 is 52.4. The zero-order valence-electron chi connectivity index (χ0n) is 16.0. The van der Waals surface area contributed by atoms with Crippen LogP contribution >= 0.6 is 0 Å². The number of benzene rings is 1. The van der Waals surface area contributed by atoms with Crippen LogP contribution in [0, 0.1) is 5.82 Å². The molecule has 29 heavy (non-hydrogen) atoms. The van der Waals surface area contributed by atoms with Gasteiger partial charge in [0.05, 0.1) is 11.6 Å². The van der Waals surface area contributed by atoms with Crippen LogP contribution in [0.25, 0.3) is 0 Å². The first-order valence-electron chi connectivity index (χ1n) is 8.75. The molecule has 1 N–H and O–H groups in total. The van der Waals surface area contributed by atoms with Gasteiger partial charge in [-0.25, -0.2) is 9.37 Å². The standard InChI is InChI=1S/C19H19F4N5O/c1-11-17(18(29)24-2)26-28(27(11)3)16-9-12(4-5-25-16)6-13-7-14(19(21,22)23)10-15(20)8-13/h4-5,7-11H,6H2,1-3H3,(H,24,29). The second kappa shape index (κ2) is 7.78. The Labute approximate surface area is 164 Å². The van der Waals surface area contributed by atoms with Crippen molar-refractivity contribution >= 4 is 17.4 Å². The zero-order valence-corrected chi connectivity index (χ0v) is 16.0. The molecule has 2 heterocycles. The number of nitrogens with zero attached hydrogens (tertiary/aromatic N) is 4. The third-order valence-electron chi connectivity index (χ3n) is 4.63. The lowest BCUT2D eigenvalue weighted by Crippen LogP contribution is -2.42. The maximum atomic E-state index is 13.6. The molecule has 2 aromatic rings. The number of hydrazine groups is 1. The molecule has 3 rings (SSSR count). The van der Waals surface area contributed by atoms with Crippen molar-refractivity contribution in [3.05, 3.63) is 59.0 Å². The van der Waals surface area contributed by atoms with Gasteiger partial charge in [-0.2, -0.15) is 28.4 Å². The molecule has 1 unspecified atom stereocenters. The summed E-state index contributed by atoms with van der Waals surface area (Å²) in [4.78, 5) is 16.2. The number of anilines is 1. The van der Waals surface area contributed by atoms with Gasteiger partial charge >= 0.3 is 6.18 Å². The van der Waals surface area contributed by atoms with E-state index in [1.54, 1.807) is 24.2 Å².